The fourth-order valence-corrected chi connectivity index (χ4v) is 5.08. The molecule has 11 heteroatoms. The molecule has 1 saturated carbocycles. The molecular formula is C23H42O11. The summed E-state index contributed by atoms with van der Waals surface area (Å²) in [6.45, 7) is -0.889. The van der Waals surface area contributed by atoms with Gasteiger partial charge in [0.25, 0.3) is 0 Å². The van der Waals surface area contributed by atoms with E-state index in [1.165, 1.54) is 38.5 Å². The van der Waals surface area contributed by atoms with Crippen LogP contribution in [0.5, 0.6) is 0 Å². The Morgan fingerprint density at radius 1 is 0.647 bits per heavy atom. The molecule has 3 fully saturated rings. The Kier molecular flexibility index (Phi) is 11.4. The molecule has 0 aromatic rings. The maximum Gasteiger partial charge on any atom is 0.187 e. The zero-order valence-corrected chi connectivity index (χ0v) is 19.6. The minimum atomic E-state index is -1.69. The van der Waals surface area contributed by atoms with E-state index >= 15 is 0 Å². The first-order valence-electron chi connectivity index (χ1n) is 12.6. The molecule has 1 aliphatic carbocycles. The van der Waals surface area contributed by atoms with Crippen LogP contribution >= 0.6 is 0 Å². The molecule has 3 aliphatic rings. The van der Waals surface area contributed by atoms with Crippen molar-refractivity contribution in [1.82, 2.24) is 0 Å². The van der Waals surface area contributed by atoms with Crippen molar-refractivity contribution in [3.05, 3.63) is 0 Å². The SMILES string of the molecule is OCC1O[C@H](O[C@@H]2C(CO)O[C@@H](OCCCCCC3CCCCC3)[C@@H](O)C2O)[C@@H](O)C(O)[C@@H]1O. The van der Waals surface area contributed by atoms with Gasteiger partial charge in [-0.3, -0.25) is 0 Å². The van der Waals surface area contributed by atoms with Crippen molar-refractivity contribution in [3.8, 4) is 0 Å². The molecule has 2 heterocycles. The second kappa shape index (κ2) is 13.8. The van der Waals surface area contributed by atoms with Crippen LogP contribution in [0.2, 0.25) is 0 Å². The third-order valence-corrected chi connectivity index (χ3v) is 7.22. The number of aliphatic hydroxyl groups is 7. The quantitative estimate of drug-likeness (QED) is 0.171. The van der Waals surface area contributed by atoms with Crippen LogP contribution in [0, 0.1) is 5.92 Å². The smallest absolute Gasteiger partial charge is 0.187 e. The summed E-state index contributed by atoms with van der Waals surface area (Å²) in [6, 6.07) is 0. The lowest BCUT2D eigenvalue weighted by Crippen LogP contribution is -2.64. The van der Waals surface area contributed by atoms with Crippen LogP contribution in [0.1, 0.15) is 57.8 Å². The van der Waals surface area contributed by atoms with E-state index in [-0.39, 0.29) is 0 Å². The number of unbranched alkanes of at least 4 members (excludes halogenated alkanes) is 2. The predicted octanol–water partition coefficient (Wildman–Crippen LogP) is -1.23. The Morgan fingerprint density at radius 2 is 1.29 bits per heavy atom. The Bertz CT molecular complexity index is 571. The van der Waals surface area contributed by atoms with Gasteiger partial charge < -0.3 is 54.7 Å². The van der Waals surface area contributed by atoms with E-state index in [9.17, 15) is 35.7 Å². The fourth-order valence-electron chi connectivity index (χ4n) is 5.08. The minimum Gasteiger partial charge on any atom is -0.394 e. The average Bonchev–Trinajstić information content (AvgIpc) is 2.85. The van der Waals surface area contributed by atoms with Crippen molar-refractivity contribution in [2.45, 2.75) is 119 Å². The first-order chi connectivity index (χ1) is 16.4. The van der Waals surface area contributed by atoms with Gasteiger partial charge in [-0.05, 0) is 12.3 Å². The third kappa shape index (κ3) is 7.07. The summed E-state index contributed by atoms with van der Waals surface area (Å²) in [6.07, 6.45) is -3.49. The first kappa shape index (κ1) is 28.1. The van der Waals surface area contributed by atoms with Gasteiger partial charge in [0.1, 0.15) is 48.8 Å². The van der Waals surface area contributed by atoms with E-state index < -0.39 is 74.6 Å². The van der Waals surface area contributed by atoms with Crippen molar-refractivity contribution in [1.29, 1.82) is 0 Å². The molecule has 34 heavy (non-hydrogen) atoms. The molecule has 0 spiro atoms. The Hall–Kier alpha value is -0.440. The van der Waals surface area contributed by atoms with Gasteiger partial charge in [-0.15, -0.1) is 0 Å². The molecule has 0 aromatic heterocycles. The summed E-state index contributed by atoms with van der Waals surface area (Å²) in [5.41, 5.74) is 0. The van der Waals surface area contributed by atoms with E-state index in [0.29, 0.717) is 6.61 Å². The number of rotatable bonds is 11. The molecule has 11 nitrogen and oxygen atoms in total. The summed E-state index contributed by atoms with van der Waals surface area (Å²) >= 11 is 0. The van der Waals surface area contributed by atoms with E-state index in [2.05, 4.69) is 0 Å². The predicted molar refractivity (Wildman–Crippen MR) is 117 cm³/mol. The van der Waals surface area contributed by atoms with Crippen molar-refractivity contribution < 1.29 is 54.7 Å². The Balaban J connectivity index is 1.45. The molecule has 0 amide bonds. The molecule has 4 unspecified atom stereocenters. The number of hydrogen-bond donors (Lipinski definition) is 7. The lowest BCUT2D eigenvalue weighted by molar-refractivity contribution is -0.359. The zero-order valence-electron chi connectivity index (χ0n) is 19.6. The Morgan fingerprint density at radius 3 is 1.97 bits per heavy atom. The van der Waals surface area contributed by atoms with Crippen LogP contribution in [0.4, 0.5) is 0 Å². The average molecular weight is 495 g/mol. The van der Waals surface area contributed by atoms with Gasteiger partial charge in [-0.1, -0.05) is 51.4 Å². The maximum atomic E-state index is 10.6. The van der Waals surface area contributed by atoms with Crippen LogP contribution in [0.15, 0.2) is 0 Å². The molecule has 7 N–H and O–H groups in total. The molecule has 10 atom stereocenters. The second-order valence-electron chi connectivity index (χ2n) is 9.73. The number of ether oxygens (including phenoxy) is 4. The first-order valence-corrected chi connectivity index (χ1v) is 12.6. The summed E-state index contributed by atoms with van der Waals surface area (Å²) < 4.78 is 22.1. The van der Waals surface area contributed by atoms with Crippen LogP contribution < -0.4 is 0 Å². The third-order valence-electron chi connectivity index (χ3n) is 7.22. The van der Waals surface area contributed by atoms with Gasteiger partial charge in [0.05, 0.1) is 13.2 Å². The summed E-state index contributed by atoms with van der Waals surface area (Å²) in [5.74, 6) is 0.833. The number of aliphatic hydroxyl groups excluding tert-OH is 7. The van der Waals surface area contributed by atoms with E-state index in [1.54, 1.807) is 0 Å². The Labute approximate surface area is 200 Å². The second-order valence-corrected chi connectivity index (χ2v) is 9.73. The topological polar surface area (TPSA) is 179 Å². The van der Waals surface area contributed by atoms with Crippen molar-refractivity contribution >= 4 is 0 Å². The maximum absolute atomic E-state index is 10.6. The molecule has 0 bridgehead atoms. The van der Waals surface area contributed by atoms with Crippen molar-refractivity contribution in [3.63, 3.8) is 0 Å². The summed E-state index contributed by atoms with van der Waals surface area (Å²) in [4.78, 5) is 0. The van der Waals surface area contributed by atoms with Crippen molar-refractivity contribution in [2.75, 3.05) is 19.8 Å². The highest BCUT2D eigenvalue weighted by Crippen LogP contribution is 2.30. The normalized spacial score (nSPS) is 42.1. The molecule has 0 radical (unpaired) electrons. The van der Waals surface area contributed by atoms with E-state index in [4.69, 9.17) is 18.9 Å². The minimum absolute atomic E-state index is 0.329. The van der Waals surface area contributed by atoms with Crippen LogP contribution in [-0.2, 0) is 18.9 Å². The monoisotopic (exact) mass is 494 g/mol. The molecule has 2 aliphatic heterocycles. The van der Waals surface area contributed by atoms with Crippen LogP contribution in [0.25, 0.3) is 0 Å². The van der Waals surface area contributed by atoms with Gasteiger partial charge in [-0.2, -0.15) is 0 Å². The zero-order chi connectivity index (χ0) is 24.7. The molecule has 0 aromatic carbocycles. The number of hydrogen-bond acceptors (Lipinski definition) is 11. The van der Waals surface area contributed by atoms with Gasteiger partial charge in [0.2, 0.25) is 0 Å². The van der Waals surface area contributed by atoms with E-state index in [1.807, 2.05) is 0 Å². The van der Waals surface area contributed by atoms with Gasteiger partial charge in [0, 0.05) is 6.61 Å². The van der Waals surface area contributed by atoms with Crippen LogP contribution in [0.3, 0.4) is 0 Å². The highest BCUT2D eigenvalue weighted by molar-refractivity contribution is 4.94. The fraction of sp³-hybridized carbons (Fsp3) is 1.00. The van der Waals surface area contributed by atoms with Crippen molar-refractivity contribution in [2.24, 2.45) is 5.92 Å². The highest BCUT2D eigenvalue weighted by atomic mass is 16.7. The van der Waals surface area contributed by atoms with Gasteiger partial charge in [-0.25, -0.2) is 0 Å². The summed E-state index contributed by atoms with van der Waals surface area (Å²) in [5, 5.41) is 70.2. The molecule has 2 saturated heterocycles. The van der Waals surface area contributed by atoms with Gasteiger partial charge >= 0.3 is 0 Å². The van der Waals surface area contributed by atoms with Crippen LogP contribution in [-0.4, -0.2) is 117 Å². The lowest BCUT2D eigenvalue weighted by Gasteiger charge is -2.45. The summed E-state index contributed by atoms with van der Waals surface area (Å²) in [7, 11) is 0. The molecular weight excluding hydrogens is 452 g/mol. The van der Waals surface area contributed by atoms with E-state index in [0.717, 1.165) is 25.2 Å². The lowest BCUT2D eigenvalue weighted by atomic mass is 9.86. The largest absolute Gasteiger partial charge is 0.394 e. The molecule has 3 rings (SSSR count). The molecule has 200 valence electrons. The highest BCUT2D eigenvalue weighted by Gasteiger charge is 2.50. The standard InChI is InChI=1S/C23H42O11/c24-11-14-16(26)17(27)19(29)23(32-14)34-21-15(12-25)33-22(20(30)18(21)28)31-10-6-2-5-9-13-7-3-1-4-8-13/h13-30H,1-12H2/t14?,15?,16-,17?,18?,19+,20+,21-,22-,23-/m1/s1. The van der Waals surface area contributed by atoms with Gasteiger partial charge in [0.15, 0.2) is 12.6 Å².